The summed E-state index contributed by atoms with van der Waals surface area (Å²) in [5.74, 6) is -0.856. The average Bonchev–Trinajstić information content (AvgIpc) is 2.79. The summed E-state index contributed by atoms with van der Waals surface area (Å²) in [6, 6.07) is 14.9. The van der Waals surface area contributed by atoms with Crippen LogP contribution in [-0.2, 0) is 30.9 Å². The van der Waals surface area contributed by atoms with Gasteiger partial charge in [-0.3, -0.25) is 9.59 Å². The zero-order valence-corrected chi connectivity index (χ0v) is 22.2. The number of nitrogens with zero attached hydrogens (tertiary/aromatic N) is 2. The van der Waals surface area contributed by atoms with E-state index in [1.807, 2.05) is 19.9 Å². The van der Waals surface area contributed by atoms with Crippen molar-refractivity contribution in [1.29, 1.82) is 0 Å². The van der Waals surface area contributed by atoms with Crippen molar-refractivity contribution in [3.8, 4) is 0 Å². The van der Waals surface area contributed by atoms with E-state index in [9.17, 15) is 18.0 Å². The van der Waals surface area contributed by atoms with Gasteiger partial charge in [-0.15, -0.1) is 0 Å². The maximum absolute atomic E-state index is 13.4. The summed E-state index contributed by atoms with van der Waals surface area (Å²) in [5.41, 5.74) is 1.37. The largest absolute Gasteiger partial charge is 0.379 e. The van der Waals surface area contributed by atoms with Crippen LogP contribution in [0.3, 0.4) is 0 Å². The van der Waals surface area contributed by atoms with Gasteiger partial charge in [0.25, 0.3) is 0 Å². The minimum absolute atomic E-state index is 0.0943. The molecule has 0 saturated carbocycles. The Kier molecular flexibility index (Phi) is 11.2. The number of hydrogen-bond donors (Lipinski definition) is 1. The smallest absolute Gasteiger partial charge is 0.247 e. The maximum atomic E-state index is 13.4. The molecule has 2 aromatic carbocycles. The van der Waals surface area contributed by atoms with E-state index in [0.717, 1.165) is 16.1 Å². The van der Waals surface area contributed by atoms with Crippen LogP contribution in [0, 0.1) is 0 Å². The second-order valence-corrected chi connectivity index (χ2v) is 11.1. The molecule has 35 heavy (non-hydrogen) atoms. The van der Waals surface area contributed by atoms with Crippen LogP contribution in [0.2, 0.25) is 5.02 Å². The molecule has 0 saturated heterocycles. The van der Waals surface area contributed by atoms with Gasteiger partial charge in [-0.1, -0.05) is 54.1 Å². The van der Waals surface area contributed by atoms with Crippen LogP contribution in [0.1, 0.15) is 37.4 Å². The summed E-state index contributed by atoms with van der Waals surface area (Å²) >= 11 is 6.01. The molecule has 0 aliphatic carbocycles. The van der Waals surface area contributed by atoms with Gasteiger partial charge in [0.05, 0.1) is 18.9 Å². The lowest BCUT2D eigenvalue weighted by molar-refractivity contribution is -0.141. The van der Waals surface area contributed by atoms with Crippen molar-refractivity contribution in [2.24, 2.45) is 0 Å². The minimum atomic E-state index is -3.59. The van der Waals surface area contributed by atoms with E-state index in [-0.39, 0.29) is 18.6 Å². The third kappa shape index (κ3) is 9.60. The van der Waals surface area contributed by atoms with Crippen LogP contribution in [0.25, 0.3) is 0 Å². The molecule has 0 fully saturated rings. The van der Waals surface area contributed by atoms with E-state index >= 15 is 0 Å². The number of sulfonamides is 1. The Balaban J connectivity index is 2.36. The summed E-state index contributed by atoms with van der Waals surface area (Å²) in [4.78, 5) is 28.3. The van der Waals surface area contributed by atoms with Crippen LogP contribution in [0.4, 0.5) is 0 Å². The third-order valence-electron chi connectivity index (χ3n) is 5.26. The van der Waals surface area contributed by atoms with Gasteiger partial charge in [0, 0.05) is 31.8 Å². The number of nitrogens with one attached hydrogen (secondary N) is 1. The number of likely N-dealkylation sites (N-methyl/N-ethyl adjacent to an activating group) is 1. The Bertz CT molecular complexity index is 1060. The molecule has 0 aliphatic rings. The molecule has 0 spiro atoms. The van der Waals surface area contributed by atoms with Crippen LogP contribution < -0.4 is 5.32 Å². The summed E-state index contributed by atoms with van der Waals surface area (Å²) in [5, 5.41) is 3.45. The number of halogens is 1. The van der Waals surface area contributed by atoms with Gasteiger partial charge in [-0.2, -0.15) is 4.31 Å². The Labute approximate surface area is 213 Å². The molecule has 0 aliphatic heterocycles. The van der Waals surface area contributed by atoms with Crippen molar-refractivity contribution in [3.05, 3.63) is 70.7 Å². The molecule has 0 unspecified atom stereocenters. The lowest BCUT2D eigenvalue weighted by atomic mass is 10.0. The van der Waals surface area contributed by atoms with Crippen LogP contribution in [0.5, 0.6) is 0 Å². The minimum Gasteiger partial charge on any atom is -0.379 e. The lowest BCUT2D eigenvalue weighted by Crippen LogP contribution is -2.47. The zero-order chi connectivity index (χ0) is 26.0. The first kappa shape index (κ1) is 28.8. The van der Waals surface area contributed by atoms with E-state index in [0.29, 0.717) is 30.2 Å². The predicted molar refractivity (Wildman–Crippen MR) is 137 cm³/mol. The van der Waals surface area contributed by atoms with Gasteiger partial charge in [-0.05, 0) is 43.5 Å². The third-order valence-corrected chi connectivity index (χ3v) is 6.77. The number of benzene rings is 2. The van der Waals surface area contributed by atoms with Gasteiger partial charge in [-0.25, -0.2) is 8.42 Å². The van der Waals surface area contributed by atoms with Crippen molar-refractivity contribution in [2.75, 3.05) is 33.0 Å². The molecule has 2 amide bonds. The normalized spacial score (nSPS) is 12.5. The number of amides is 2. The zero-order valence-electron chi connectivity index (χ0n) is 20.6. The average molecular weight is 524 g/mol. The van der Waals surface area contributed by atoms with E-state index in [1.165, 1.54) is 11.9 Å². The first-order valence-electron chi connectivity index (χ1n) is 11.4. The predicted octanol–water partition coefficient (Wildman–Crippen LogP) is 3.23. The van der Waals surface area contributed by atoms with E-state index < -0.39 is 28.5 Å². The van der Waals surface area contributed by atoms with E-state index in [2.05, 4.69) is 5.32 Å². The molecule has 192 valence electrons. The Hall–Kier alpha value is -2.46. The molecule has 1 atom stereocenters. The molecule has 0 heterocycles. The van der Waals surface area contributed by atoms with Crippen LogP contribution >= 0.6 is 11.6 Å². The highest BCUT2D eigenvalue weighted by molar-refractivity contribution is 7.88. The number of hydrogen-bond acceptors (Lipinski definition) is 5. The number of carbonyl (C=O) groups excluding carboxylic acids is 2. The highest BCUT2D eigenvalue weighted by Gasteiger charge is 2.32. The van der Waals surface area contributed by atoms with E-state index in [4.69, 9.17) is 16.3 Å². The van der Waals surface area contributed by atoms with E-state index in [1.54, 1.807) is 48.5 Å². The molecule has 0 radical (unpaired) electrons. The van der Waals surface area contributed by atoms with Gasteiger partial charge >= 0.3 is 0 Å². The molecule has 0 bridgehead atoms. The fraction of sp³-hybridized carbons (Fsp3) is 0.440. The van der Waals surface area contributed by atoms with Gasteiger partial charge < -0.3 is 15.0 Å². The van der Waals surface area contributed by atoms with Crippen molar-refractivity contribution in [3.63, 3.8) is 0 Å². The Morgan fingerprint density at radius 2 is 1.69 bits per heavy atom. The molecular formula is C25H34ClN3O5S. The molecule has 8 nitrogen and oxygen atoms in total. The lowest BCUT2D eigenvalue weighted by Gasteiger charge is -2.32. The molecule has 2 aromatic rings. The van der Waals surface area contributed by atoms with Crippen LogP contribution in [0.15, 0.2) is 54.6 Å². The van der Waals surface area contributed by atoms with Gasteiger partial charge in [0.15, 0.2) is 0 Å². The second kappa shape index (κ2) is 13.6. The Morgan fingerprint density at radius 3 is 2.26 bits per heavy atom. The Morgan fingerprint density at radius 1 is 1.06 bits per heavy atom. The quantitative estimate of drug-likeness (QED) is 0.407. The fourth-order valence-corrected chi connectivity index (χ4v) is 3.79. The molecule has 10 heteroatoms. The summed E-state index contributed by atoms with van der Waals surface area (Å²) in [6.07, 6.45) is 1.75. The van der Waals surface area contributed by atoms with Crippen LogP contribution in [-0.4, -0.2) is 68.5 Å². The van der Waals surface area contributed by atoms with Crippen molar-refractivity contribution < 1.29 is 22.7 Å². The van der Waals surface area contributed by atoms with Crippen molar-refractivity contribution in [2.45, 2.75) is 39.0 Å². The number of rotatable bonds is 13. The maximum Gasteiger partial charge on any atom is 0.247 e. The SMILES string of the molecule is CC(C)OCCCNC(=O)[C@H](c1ccccc1)N(Cc1ccc(Cl)cc1)C(=O)CN(C)S(C)(=O)=O. The molecule has 0 aromatic heterocycles. The number of ether oxygens (including phenoxy) is 1. The van der Waals surface area contributed by atoms with Gasteiger partial charge in [0.1, 0.15) is 6.04 Å². The molecular weight excluding hydrogens is 490 g/mol. The van der Waals surface area contributed by atoms with Gasteiger partial charge in [0.2, 0.25) is 21.8 Å². The second-order valence-electron chi connectivity index (χ2n) is 8.54. The molecule has 1 N–H and O–H groups in total. The first-order chi connectivity index (χ1) is 16.5. The highest BCUT2D eigenvalue weighted by Crippen LogP contribution is 2.25. The summed E-state index contributed by atoms with van der Waals surface area (Å²) in [7, 11) is -2.26. The van der Waals surface area contributed by atoms with Crippen molar-refractivity contribution >= 4 is 33.4 Å². The topological polar surface area (TPSA) is 96.0 Å². The molecule has 2 rings (SSSR count). The monoisotopic (exact) mass is 523 g/mol. The highest BCUT2D eigenvalue weighted by atomic mass is 35.5. The number of carbonyl (C=O) groups is 2. The summed E-state index contributed by atoms with van der Waals surface area (Å²) in [6.45, 7) is 4.46. The summed E-state index contributed by atoms with van der Waals surface area (Å²) < 4.78 is 30.4. The first-order valence-corrected chi connectivity index (χ1v) is 13.6. The fourth-order valence-electron chi connectivity index (χ4n) is 3.32. The van der Waals surface area contributed by atoms with Crippen molar-refractivity contribution in [1.82, 2.24) is 14.5 Å². The standard InChI is InChI=1S/C25H34ClN3O5S/c1-19(2)34-16-8-15-27-25(31)24(21-9-6-5-7-10-21)29(17-20-11-13-22(26)14-12-20)23(30)18-28(3)35(4,32)33/h5-7,9-14,19,24H,8,15-18H2,1-4H3,(H,27,31)/t24-/m0/s1.